The summed E-state index contributed by atoms with van der Waals surface area (Å²) < 4.78 is 0. The molecule has 1 unspecified atom stereocenters. The molecular weight excluding hydrogens is 304 g/mol. The lowest BCUT2D eigenvalue weighted by atomic mass is 9.41. The Labute approximate surface area is 144 Å². The van der Waals surface area contributed by atoms with E-state index in [-0.39, 0.29) is 16.7 Å². The third kappa shape index (κ3) is 1.79. The van der Waals surface area contributed by atoms with Crippen molar-refractivity contribution in [3.63, 3.8) is 0 Å². The van der Waals surface area contributed by atoms with E-state index in [9.17, 15) is 20.1 Å². The molecule has 7 atom stereocenters. The lowest BCUT2D eigenvalue weighted by molar-refractivity contribution is -0.188. The number of carboxylic acid groups (broad SMARTS) is 1. The highest BCUT2D eigenvalue weighted by Crippen LogP contribution is 2.73. The molecule has 1 spiro atoms. The van der Waals surface area contributed by atoms with Gasteiger partial charge in [-0.15, -0.1) is 0 Å². The molecule has 0 saturated heterocycles. The van der Waals surface area contributed by atoms with Gasteiger partial charge < -0.3 is 15.3 Å². The summed E-state index contributed by atoms with van der Waals surface area (Å²) in [5.74, 6) is 0.000648. The van der Waals surface area contributed by atoms with Gasteiger partial charge in [0.2, 0.25) is 0 Å². The molecule has 2 bridgehead atoms. The molecule has 0 aliphatic heterocycles. The van der Waals surface area contributed by atoms with Gasteiger partial charge in [0.25, 0.3) is 0 Å². The van der Waals surface area contributed by atoms with Gasteiger partial charge in [0.1, 0.15) is 0 Å². The fourth-order valence-corrected chi connectivity index (χ4v) is 8.02. The van der Waals surface area contributed by atoms with Crippen LogP contribution < -0.4 is 0 Å². The van der Waals surface area contributed by atoms with Crippen molar-refractivity contribution < 1.29 is 20.1 Å². The van der Waals surface area contributed by atoms with Gasteiger partial charge in [-0.05, 0) is 87.9 Å². The minimum absolute atomic E-state index is 0.00148. The monoisotopic (exact) mass is 336 g/mol. The van der Waals surface area contributed by atoms with Crippen LogP contribution in [0, 0.1) is 28.1 Å². The van der Waals surface area contributed by atoms with Gasteiger partial charge in [-0.25, -0.2) is 0 Å². The highest BCUT2D eigenvalue weighted by Gasteiger charge is 2.71. The van der Waals surface area contributed by atoms with Gasteiger partial charge in [0.15, 0.2) is 0 Å². The van der Waals surface area contributed by atoms with E-state index in [1.54, 1.807) is 6.92 Å². The van der Waals surface area contributed by atoms with E-state index < -0.39 is 22.6 Å². The Morgan fingerprint density at radius 1 is 0.917 bits per heavy atom. The number of fused-ring (bicyclic) bond motifs is 3. The summed E-state index contributed by atoms with van der Waals surface area (Å²) in [5, 5.41) is 31.8. The Morgan fingerprint density at radius 3 is 2.25 bits per heavy atom. The van der Waals surface area contributed by atoms with Crippen LogP contribution in [-0.2, 0) is 4.79 Å². The molecule has 0 aromatic rings. The Hall–Kier alpha value is -0.610. The van der Waals surface area contributed by atoms with E-state index >= 15 is 0 Å². The number of hydrogen-bond donors (Lipinski definition) is 3. The number of carboxylic acids is 1. The van der Waals surface area contributed by atoms with E-state index in [1.807, 2.05) is 6.92 Å². The zero-order valence-electron chi connectivity index (χ0n) is 15.3. The molecule has 4 aliphatic carbocycles. The SMILES string of the molecule is C[C@@]1(C(=O)O)CCC[C@]2(C)C1CC[C@@]13C[C@@](O)(CC[C@H]12)[C@@](C)(O)C3. The van der Waals surface area contributed by atoms with Gasteiger partial charge >= 0.3 is 5.97 Å². The maximum Gasteiger partial charge on any atom is 0.309 e. The van der Waals surface area contributed by atoms with Crippen LogP contribution in [0.1, 0.15) is 78.6 Å². The molecule has 4 aliphatic rings. The molecule has 4 saturated carbocycles. The van der Waals surface area contributed by atoms with Crippen molar-refractivity contribution in [2.75, 3.05) is 0 Å². The second kappa shape index (κ2) is 4.56. The van der Waals surface area contributed by atoms with Crippen LogP contribution >= 0.6 is 0 Å². The average molecular weight is 336 g/mol. The maximum absolute atomic E-state index is 12.1. The summed E-state index contributed by atoms with van der Waals surface area (Å²) >= 11 is 0. The van der Waals surface area contributed by atoms with Gasteiger partial charge in [-0.2, -0.15) is 0 Å². The third-order valence-electron chi connectivity index (χ3n) is 9.12. The molecule has 0 amide bonds. The normalized spacial score (nSPS) is 59.5. The van der Waals surface area contributed by atoms with Gasteiger partial charge in [0.05, 0.1) is 16.6 Å². The predicted octanol–water partition coefficient (Wildman–Crippen LogP) is 3.35. The molecule has 4 rings (SSSR count). The Balaban J connectivity index is 1.76. The second-order valence-electron chi connectivity index (χ2n) is 10.3. The maximum atomic E-state index is 12.1. The first kappa shape index (κ1) is 16.8. The molecule has 4 heteroatoms. The zero-order chi connectivity index (χ0) is 17.6. The molecule has 24 heavy (non-hydrogen) atoms. The first-order valence-electron chi connectivity index (χ1n) is 9.67. The van der Waals surface area contributed by atoms with E-state index in [0.29, 0.717) is 25.2 Å². The summed E-state index contributed by atoms with van der Waals surface area (Å²) in [4.78, 5) is 12.1. The third-order valence-corrected chi connectivity index (χ3v) is 9.12. The van der Waals surface area contributed by atoms with E-state index in [2.05, 4.69) is 6.92 Å². The Morgan fingerprint density at radius 2 is 1.58 bits per heavy atom. The Bertz CT molecular complexity index is 582. The fourth-order valence-electron chi connectivity index (χ4n) is 8.02. The standard InChI is InChI=1S/C20H32O4/c1-16-7-4-8-17(2,15(21)22)13(16)5-9-19-11-18(3,23)20(24,12-19)10-6-14(16)19/h13-14,23-24H,4-12H2,1-3H3,(H,21,22)/t13?,14-,16+,17+,18-,19+,20-/m0/s1. The predicted molar refractivity (Wildman–Crippen MR) is 90.4 cm³/mol. The zero-order valence-corrected chi connectivity index (χ0v) is 15.3. The van der Waals surface area contributed by atoms with Crippen molar-refractivity contribution in [2.24, 2.45) is 28.1 Å². The summed E-state index contributed by atoms with van der Waals surface area (Å²) in [5.41, 5.74) is -2.56. The van der Waals surface area contributed by atoms with Crippen LogP contribution in [0.25, 0.3) is 0 Å². The van der Waals surface area contributed by atoms with Crippen LogP contribution in [0.5, 0.6) is 0 Å². The van der Waals surface area contributed by atoms with Crippen LogP contribution in [0.4, 0.5) is 0 Å². The smallest absolute Gasteiger partial charge is 0.309 e. The van der Waals surface area contributed by atoms with Crippen molar-refractivity contribution in [2.45, 2.75) is 89.8 Å². The quantitative estimate of drug-likeness (QED) is 0.686. The van der Waals surface area contributed by atoms with Crippen molar-refractivity contribution >= 4 is 5.97 Å². The topological polar surface area (TPSA) is 77.8 Å². The average Bonchev–Trinajstić information content (AvgIpc) is 2.59. The first-order chi connectivity index (χ1) is 11.0. The molecule has 136 valence electrons. The molecule has 0 heterocycles. The number of carbonyl (C=O) groups is 1. The van der Waals surface area contributed by atoms with E-state index in [1.165, 1.54) is 0 Å². The summed E-state index contributed by atoms with van der Waals surface area (Å²) in [6, 6.07) is 0. The number of aliphatic carboxylic acids is 1. The number of aliphatic hydroxyl groups is 2. The molecule has 0 radical (unpaired) electrons. The lowest BCUT2D eigenvalue weighted by Gasteiger charge is -2.63. The van der Waals surface area contributed by atoms with Crippen molar-refractivity contribution in [1.82, 2.24) is 0 Å². The van der Waals surface area contributed by atoms with Gasteiger partial charge in [-0.1, -0.05) is 13.3 Å². The van der Waals surface area contributed by atoms with Crippen LogP contribution in [0.15, 0.2) is 0 Å². The van der Waals surface area contributed by atoms with Crippen LogP contribution in [0.2, 0.25) is 0 Å². The molecule has 4 nitrogen and oxygen atoms in total. The highest BCUT2D eigenvalue weighted by molar-refractivity contribution is 5.75. The van der Waals surface area contributed by atoms with Crippen molar-refractivity contribution in [3.8, 4) is 0 Å². The molecule has 0 aromatic heterocycles. The number of rotatable bonds is 1. The largest absolute Gasteiger partial charge is 0.481 e. The fraction of sp³-hybridized carbons (Fsp3) is 0.950. The Kier molecular flexibility index (Phi) is 3.20. The summed E-state index contributed by atoms with van der Waals surface area (Å²) in [6.07, 6.45) is 7.67. The number of hydrogen-bond acceptors (Lipinski definition) is 3. The molecular formula is C20H32O4. The van der Waals surface area contributed by atoms with Crippen LogP contribution in [0.3, 0.4) is 0 Å². The minimum atomic E-state index is -1.00. The lowest BCUT2D eigenvalue weighted by Crippen LogP contribution is -2.59. The first-order valence-corrected chi connectivity index (χ1v) is 9.67. The van der Waals surface area contributed by atoms with E-state index in [4.69, 9.17) is 0 Å². The summed E-state index contributed by atoms with van der Waals surface area (Å²) in [6.45, 7) is 6.08. The highest BCUT2D eigenvalue weighted by atomic mass is 16.4. The minimum Gasteiger partial charge on any atom is -0.481 e. The van der Waals surface area contributed by atoms with Gasteiger partial charge in [-0.3, -0.25) is 4.79 Å². The van der Waals surface area contributed by atoms with Gasteiger partial charge in [0, 0.05) is 0 Å². The molecule has 3 N–H and O–H groups in total. The molecule has 4 fully saturated rings. The molecule has 0 aromatic carbocycles. The van der Waals surface area contributed by atoms with Crippen molar-refractivity contribution in [1.29, 1.82) is 0 Å². The van der Waals surface area contributed by atoms with E-state index in [0.717, 1.165) is 38.5 Å². The van der Waals surface area contributed by atoms with Crippen LogP contribution in [-0.4, -0.2) is 32.5 Å². The summed E-state index contributed by atoms with van der Waals surface area (Å²) in [7, 11) is 0. The second-order valence-corrected chi connectivity index (χ2v) is 10.3. The van der Waals surface area contributed by atoms with Crippen molar-refractivity contribution in [3.05, 3.63) is 0 Å².